The van der Waals surface area contributed by atoms with Crippen LogP contribution < -0.4 is 0 Å². The minimum Gasteiger partial charge on any atom is -0.337 e. The summed E-state index contributed by atoms with van der Waals surface area (Å²) in [6, 6.07) is 8.39. The minimum atomic E-state index is 0.0186. The number of rotatable bonds is 3. The largest absolute Gasteiger partial charge is 0.337 e. The molecule has 1 aliphatic heterocycles. The number of piperidine rings is 1. The number of amides is 1. The first-order chi connectivity index (χ1) is 8.22. The summed E-state index contributed by atoms with van der Waals surface area (Å²) in [5.41, 5.74) is 2.63. The highest BCUT2D eigenvalue weighted by atomic mass is 79.9. The van der Waals surface area contributed by atoms with Gasteiger partial charge in [-0.1, -0.05) is 47.1 Å². The molecule has 1 amide bonds. The van der Waals surface area contributed by atoms with Gasteiger partial charge in [-0.15, -0.1) is 0 Å². The van der Waals surface area contributed by atoms with Crippen LogP contribution >= 0.6 is 15.9 Å². The lowest BCUT2D eigenvalue weighted by Crippen LogP contribution is -2.41. The maximum atomic E-state index is 12.0. The van der Waals surface area contributed by atoms with Crippen LogP contribution in [0.1, 0.15) is 30.9 Å². The molecule has 2 rings (SSSR count). The van der Waals surface area contributed by atoms with Gasteiger partial charge >= 0.3 is 0 Å². The number of alkyl halides is 1. The Morgan fingerprint density at radius 1 is 1.35 bits per heavy atom. The van der Waals surface area contributed by atoms with E-state index in [1.807, 2.05) is 4.90 Å². The lowest BCUT2D eigenvalue weighted by molar-refractivity contribution is -0.133. The summed E-state index contributed by atoms with van der Waals surface area (Å²) in [5, 5.41) is 0. The molecule has 0 aromatic heterocycles. The first-order valence-electron chi connectivity index (χ1n) is 6.22. The topological polar surface area (TPSA) is 20.3 Å². The van der Waals surface area contributed by atoms with Crippen molar-refractivity contribution in [1.29, 1.82) is 0 Å². The van der Waals surface area contributed by atoms with Crippen molar-refractivity contribution < 1.29 is 4.79 Å². The number of hydrogen-bond acceptors (Lipinski definition) is 1. The van der Waals surface area contributed by atoms with Crippen molar-refractivity contribution in [2.75, 3.05) is 6.54 Å². The fourth-order valence-electron chi connectivity index (χ4n) is 2.31. The van der Waals surface area contributed by atoms with Crippen molar-refractivity contribution in [3.05, 3.63) is 35.4 Å². The van der Waals surface area contributed by atoms with Crippen molar-refractivity contribution in [2.24, 2.45) is 0 Å². The molecule has 1 aliphatic rings. The van der Waals surface area contributed by atoms with E-state index in [1.165, 1.54) is 11.1 Å². The predicted molar refractivity (Wildman–Crippen MR) is 73.2 cm³/mol. The van der Waals surface area contributed by atoms with Gasteiger partial charge in [-0.05, 0) is 30.4 Å². The third-order valence-electron chi connectivity index (χ3n) is 3.33. The molecule has 1 unspecified atom stereocenters. The van der Waals surface area contributed by atoms with E-state index >= 15 is 0 Å². The van der Waals surface area contributed by atoms with Gasteiger partial charge in [-0.3, -0.25) is 4.79 Å². The highest BCUT2D eigenvalue weighted by Crippen LogP contribution is 2.21. The molecular weight excluding hydrogens is 278 g/mol. The van der Waals surface area contributed by atoms with Gasteiger partial charge in [0.2, 0.25) is 5.91 Å². The van der Waals surface area contributed by atoms with Crippen molar-refractivity contribution in [2.45, 2.75) is 37.6 Å². The monoisotopic (exact) mass is 295 g/mol. The van der Waals surface area contributed by atoms with Gasteiger partial charge in [0.05, 0.1) is 4.83 Å². The van der Waals surface area contributed by atoms with Crippen LogP contribution in [-0.2, 0) is 17.8 Å². The second-order valence-corrected chi connectivity index (χ2v) is 5.60. The van der Waals surface area contributed by atoms with Crippen LogP contribution in [-0.4, -0.2) is 22.2 Å². The van der Waals surface area contributed by atoms with E-state index in [2.05, 4.69) is 47.1 Å². The fraction of sp³-hybridized carbons (Fsp3) is 0.500. The van der Waals surface area contributed by atoms with Crippen LogP contribution in [0.5, 0.6) is 0 Å². The van der Waals surface area contributed by atoms with Crippen molar-refractivity contribution in [1.82, 2.24) is 4.90 Å². The number of benzene rings is 1. The second kappa shape index (κ2) is 5.67. The summed E-state index contributed by atoms with van der Waals surface area (Å²) in [6.45, 7) is 3.80. The molecule has 1 saturated heterocycles. The molecule has 0 N–H and O–H groups in total. The van der Waals surface area contributed by atoms with Crippen molar-refractivity contribution >= 4 is 21.8 Å². The molecule has 0 spiro atoms. The Morgan fingerprint density at radius 3 is 2.76 bits per heavy atom. The van der Waals surface area contributed by atoms with Crippen LogP contribution in [0.3, 0.4) is 0 Å². The van der Waals surface area contributed by atoms with E-state index in [9.17, 15) is 4.79 Å². The Balaban J connectivity index is 2.12. The molecule has 0 aliphatic carbocycles. The van der Waals surface area contributed by atoms with Gasteiger partial charge in [-0.2, -0.15) is 0 Å². The zero-order valence-corrected chi connectivity index (χ0v) is 11.7. The number of nitrogens with zero attached hydrogens (tertiary/aromatic N) is 1. The summed E-state index contributed by atoms with van der Waals surface area (Å²) in [7, 11) is 0. The molecule has 17 heavy (non-hydrogen) atoms. The SMILES string of the molecule is CCc1ccccc1CN1CCCC(Br)C1=O. The zero-order valence-electron chi connectivity index (χ0n) is 10.2. The van der Waals surface area contributed by atoms with E-state index in [0.29, 0.717) is 0 Å². The molecule has 1 aromatic rings. The normalized spacial score (nSPS) is 20.7. The van der Waals surface area contributed by atoms with Crippen molar-refractivity contribution in [3.8, 4) is 0 Å². The molecule has 1 fully saturated rings. The highest BCUT2D eigenvalue weighted by Gasteiger charge is 2.26. The van der Waals surface area contributed by atoms with Crippen LogP contribution in [0.4, 0.5) is 0 Å². The minimum absolute atomic E-state index is 0.0186. The van der Waals surface area contributed by atoms with Crippen LogP contribution in [0.15, 0.2) is 24.3 Å². The molecule has 2 nitrogen and oxygen atoms in total. The Hall–Kier alpha value is -0.830. The van der Waals surface area contributed by atoms with Crippen LogP contribution in [0.25, 0.3) is 0 Å². The van der Waals surface area contributed by atoms with Crippen LogP contribution in [0, 0.1) is 0 Å². The van der Waals surface area contributed by atoms with E-state index in [0.717, 1.165) is 32.4 Å². The van der Waals surface area contributed by atoms with E-state index in [4.69, 9.17) is 0 Å². The van der Waals surface area contributed by atoms with E-state index in [-0.39, 0.29) is 10.7 Å². The fourth-order valence-corrected chi connectivity index (χ4v) is 2.93. The average molecular weight is 296 g/mol. The Kier molecular flexibility index (Phi) is 4.21. The van der Waals surface area contributed by atoms with E-state index in [1.54, 1.807) is 0 Å². The number of carbonyl (C=O) groups is 1. The first kappa shape index (κ1) is 12.6. The van der Waals surface area contributed by atoms with E-state index < -0.39 is 0 Å². The molecule has 1 heterocycles. The maximum Gasteiger partial charge on any atom is 0.236 e. The average Bonchev–Trinajstić information content (AvgIpc) is 2.35. The maximum absolute atomic E-state index is 12.0. The van der Waals surface area contributed by atoms with Gasteiger partial charge in [0, 0.05) is 13.1 Å². The third kappa shape index (κ3) is 2.89. The standard InChI is InChI=1S/C14H18BrNO/c1-2-11-6-3-4-7-12(11)10-16-9-5-8-13(15)14(16)17/h3-4,6-7,13H,2,5,8-10H2,1H3. The number of hydrogen-bond donors (Lipinski definition) is 0. The summed E-state index contributed by atoms with van der Waals surface area (Å²) in [5.74, 6) is 0.238. The smallest absolute Gasteiger partial charge is 0.236 e. The molecule has 92 valence electrons. The number of likely N-dealkylation sites (tertiary alicyclic amines) is 1. The highest BCUT2D eigenvalue weighted by molar-refractivity contribution is 9.10. The summed E-state index contributed by atoms with van der Waals surface area (Å²) >= 11 is 3.45. The summed E-state index contributed by atoms with van der Waals surface area (Å²) in [6.07, 6.45) is 3.08. The van der Waals surface area contributed by atoms with Gasteiger partial charge in [0.1, 0.15) is 0 Å². The van der Waals surface area contributed by atoms with Gasteiger partial charge in [0.25, 0.3) is 0 Å². The van der Waals surface area contributed by atoms with Crippen molar-refractivity contribution in [3.63, 3.8) is 0 Å². The summed E-state index contributed by atoms with van der Waals surface area (Å²) in [4.78, 5) is 14.0. The third-order valence-corrected chi connectivity index (χ3v) is 4.18. The zero-order chi connectivity index (χ0) is 12.3. The number of carbonyl (C=O) groups excluding carboxylic acids is 1. The van der Waals surface area contributed by atoms with Gasteiger partial charge in [0.15, 0.2) is 0 Å². The van der Waals surface area contributed by atoms with Crippen LogP contribution in [0.2, 0.25) is 0 Å². The quantitative estimate of drug-likeness (QED) is 0.785. The Morgan fingerprint density at radius 2 is 2.06 bits per heavy atom. The molecule has 0 radical (unpaired) electrons. The van der Waals surface area contributed by atoms with Gasteiger partial charge < -0.3 is 4.90 Å². The second-order valence-electron chi connectivity index (χ2n) is 4.49. The molecule has 0 bridgehead atoms. The molecule has 0 saturated carbocycles. The molecule has 1 aromatic carbocycles. The summed E-state index contributed by atoms with van der Waals surface area (Å²) < 4.78 is 0. The molecule has 1 atom stereocenters. The lowest BCUT2D eigenvalue weighted by Gasteiger charge is -2.30. The molecular formula is C14H18BrNO. The Bertz CT molecular complexity index is 405. The number of halogens is 1. The van der Waals surface area contributed by atoms with Gasteiger partial charge in [-0.25, -0.2) is 0 Å². The molecule has 3 heteroatoms. The Labute approximate surface area is 111 Å². The lowest BCUT2D eigenvalue weighted by atomic mass is 10.0. The predicted octanol–water partition coefficient (Wildman–Crippen LogP) is 3.13. The number of aryl methyl sites for hydroxylation is 1. The first-order valence-corrected chi connectivity index (χ1v) is 7.13.